The van der Waals surface area contributed by atoms with E-state index in [0.717, 1.165) is 0 Å². The van der Waals surface area contributed by atoms with Crippen LogP contribution in [-0.4, -0.2) is 165 Å². The number of carboxylic acids is 1. The highest BCUT2D eigenvalue weighted by Gasteiger charge is 2.40. The number of cyclic esters (lactones) is 1. The molecule has 4 rings (SSSR count). The maximum absolute atomic E-state index is 14.4. The number of benzene rings is 3. The Kier molecular flexibility index (Phi) is 23.2. The second kappa shape index (κ2) is 29.3. The smallest absolute Gasteiger partial charge is 0.412 e. The van der Waals surface area contributed by atoms with Gasteiger partial charge >= 0.3 is 24.1 Å². The van der Waals surface area contributed by atoms with E-state index in [2.05, 4.69) is 42.5 Å². The number of aromatic hydroxyl groups is 3. The van der Waals surface area contributed by atoms with Gasteiger partial charge in [-0.15, -0.1) is 0 Å². The highest BCUT2D eigenvalue weighted by molar-refractivity contribution is 6.00. The maximum Gasteiger partial charge on any atom is 0.412 e. The van der Waals surface area contributed by atoms with Crippen molar-refractivity contribution >= 4 is 65.4 Å². The van der Waals surface area contributed by atoms with Crippen LogP contribution in [0.5, 0.6) is 23.0 Å². The monoisotopic (exact) mass is 1110 g/mol. The molecule has 1 aliphatic heterocycles. The molecule has 0 radical (unpaired) electrons. The molecule has 28 heteroatoms. The molecule has 8 atom stereocenters. The Morgan fingerprint density at radius 3 is 1.72 bits per heavy atom. The predicted octanol–water partition coefficient (Wildman–Crippen LogP) is -1.69. The number of rotatable bonds is 22. The topological polar surface area (TPSA) is 436 Å². The summed E-state index contributed by atoms with van der Waals surface area (Å²) in [6, 6.07) is 1.03. The molecular formula is C51H65N9O19. The van der Waals surface area contributed by atoms with Gasteiger partial charge in [-0.05, 0) is 71.7 Å². The standard InChI is InChI=1S/C51H65N9O19/c1-24(2)16-32-42(66)52-22-39(64)79-23-37(47(71)56-36(45(69)53-32)20-28-10-15-31(63)21-38(28)78-5)57-48(72)40(41(65)49(73)74)59-46(70)33(17-25(3)4)54-43(67)34(18-26-6-11-29(61)12-7-26)55-44(68)35(58-50(75)60-51(76)77)19-27-8-13-30(62)14-9-27/h6-15,21,24-25,32-37,40-41,61-63,65H,16-20,22-23H2,1-5H3,(H,52,66)(H,53,69)(H,54,67)(H,55,68)(H,56,71)(H,57,72)(H,59,70)(H,73,74)(H,76,77)(H2,58,60,75)/t32-,33-,34+,35-,36+,37-,40-,41+/m0/s1. The lowest BCUT2D eigenvalue weighted by molar-refractivity contribution is -0.153. The first-order valence-electron chi connectivity index (χ1n) is 24.6. The Morgan fingerprint density at radius 1 is 0.658 bits per heavy atom. The van der Waals surface area contributed by atoms with Crippen molar-refractivity contribution in [3.8, 4) is 23.0 Å². The third-order valence-electron chi connectivity index (χ3n) is 11.8. The summed E-state index contributed by atoms with van der Waals surface area (Å²) in [4.78, 5) is 147. The molecule has 1 aliphatic rings. The normalized spacial score (nSPS) is 17.8. The largest absolute Gasteiger partial charge is 0.508 e. The van der Waals surface area contributed by atoms with Crippen molar-refractivity contribution in [2.75, 3.05) is 20.3 Å². The molecule has 79 heavy (non-hydrogen) atoms. The van der Waals surface area contributed by atoms with Gasteiger partial charge < -0.3 is 82.6 Å². The summed E-state index contributed by atoms with van der Waals surface area (Å²) >= 11 is 0. The number of phenols is 3. The van der Waals surface area contributed by atoms with Gasteiger partial charge in [0.05, 0.1) is 7.11 Å². The van der Waals surface area contributed by atoms with Gasteiger partial charge in [0.2, 0.25) is 41.4 Å². The number of imide groups is 1. The summed E-state index contributed by atoms with van der Waals surface area (Å²) in [5.41, 5.74) is 0.959. The Morgan fingerprint density at radius 2 is 1.19 bits per heavy atom. The molecule has 0 spiro atoms. The second-order valence-corrected chi connectivity index (χ2v) is 19.1. The number of carbonyl (C=O) groups excluding carboxylic acids is 9. The SMILES string of the molecule is COc1cc(O)ccc1C[C@H]1NC(=O)[C@@H](NC(=O)[C@@H](NC(=O)[C@H](CC(C)C)NC(=O)[C@@H](Cc2ccc(O)cc2)NC(=O)[C@H](Cc2ccc(O)cc2)NC(=O)NC(=O)O)[C@@H](O)C(=O)O)COC(=O)CNC(=O)[C@H](CC(C)C)NC1=O. The third-order valence-corrected chi connectivity index (χ3v) is 11.8. The summed E-state index contributed by atoms with van der Waals surface area (Å²) in [6.45, 7) is 4.95. The van der Waals surface area contributed by atoms with Crippen LogP contribution < -0.4 is 52.6 Å². The lowest BCUT2D eigenvalue weighted by Crippen LogP contribution is -2.64. The first-order valence-corrected chi connectivity index (χ1v) is 24.6. The molecule has 10 amide bonds. The van der Waals surface area contributed by atoms with Crippen LogP contribution in [0.1, 0.15) is 57.2 Å². The van der Waals surface area contributed by atoms with E-state index in [1.165, 1.54) is 73.8 Å². The second-order valence-electron chi connectivity index (χ2n) is 19.1. The molecule has 0 bridgehead atoms. The molecule has 0 aliphatic carbocycles. The zero-order chi connectivity index (χ0) is 58.7. The van der Waals surface area contributed by atoms with Crippen LogP contribution in [0.2, 0.25) is 0 Å². The average molecular weight is 1110 g/mol. The first kappa shape index (κ1) is 62.3. The number of ether oxygens (including phenoxy) is 2. The van der Waals surface area contributed by atoms with Gasteiger partial charge in [-0.25, -0.2) is 19.7 Å². The van der Waals surface area contributed by atoms with Crippen molar-refractivity contribution in [3.63, 3.8) is 0 Å². The number of methoxy groups -OCH3 is 1. The number of hydrogen-bond donors (Lipinski definition) is 15. The minimum atomic E-state index is -2.77. The Balaban J connectivity index is 1.67. The van der Waals surface area contributed by atoms with Crippen molar-refractivity contribution in [1.29, 1.82) is 0 Å². The van der Waals surface area contributed by atoms with Crippen molar-refractivity contribution < 1.29 is 92.9 Å². The van der Waals surface area contributed by atoms with Crippen LogP contribution in [0.15, 0.2) is 66.7 Å². The van der Waals surface area contributed by atoms with E-state index in [4.69, 9.17) is 14.6 Å². The molecule has 428 valence electrons. The van der Waals surface area contributed by atoms with Crippen LogP contribution in [0.3, 0.4) is 0 Å². The van der Waals surface area contributed by atoms with Gasteiger partial charge in [-0.2, -0.15) is 0 Å². The summed E-state index contributed by atoms with van der Waals surface area (Å²) in [5, 5.41) is 80.1. The van der Waals surface area contributed by atoms with Gasteiger partial charge in [0.1, 0.15) is 78.4 Å². The van der Waals surface area contributed by atoms with Crippen LogP contribution >= 0.6 is 0 Å². The number of nitrogens with one attached hydrogen (secondary N) is 9. The van der Waals surface area contributed by atoms with Crippen LogP contribution in [0.4, 0.5) is 9.59 Å². The molecule has 15 N–H and O–H groups in total. The van der Waals surface area contributed by atoms with Gasteiger partial charge in [-0.1, -0.05) is 58.0 Å². The lowest BCUT2D eigenvalue weighted by Gasteiger charge is -2.29. The molecule has 28 nitrogen and oxygen atoms in total. The Hall–Kier alpha value is -9.21. The van der Waals surface area contributed by atoms with Crippen molar-refractivity contribution in [3.05, 3.63) is 83.4 Å². The number of amides is 10. The molecule has 0 unspecified atom stereocenters. The van der Waals surface area contributed by atoms with E-state index in [0.29, 0.717) is 11.1 Å². The number of aliphatic hydroxyl groups excluding tert-OH is 1. The van der Waals surface area contributed by atoms with E-state index >= 15 is 0 Å². The number of hydrogen-bond acceptors (Lipinski definition) is 17. The maximum atomic E-state index is 14.4. The fourth-order valence-corrected chi connectivity index (χ4v) is 7.91. The quantitative estimate of drug-likeness (QED) is 0.0499. The first-order chi connectivity index (χ1) is 37.2. The van der Waals surface area contributed by atoms with Gasteiger partial charge in [-0.3, -0.25) is 38.4 Å². The van der Waals surface area contributed by atoms with E-state index in [1.54, 1.807) is 33.0 Å². The number of urea groups is 1. The highest BCUT2D eigenvalue weighted by Crippen LogP contribution is 2.25. The van der Waals surface area contributed by atoms with Crippen molar-refractivity contribution in [1.82, 2.24) is 47.9 Å². The Labute approximate surface area is 451 Å². The van der Waals surface area contributed by atoms with Crippen molar-refractivity contribution in [2.45, 2.75) is 108 Å². The molecule has 1 fully saturated rings. The van der Waals surface area contributed by atoms with Gasteiger partial charge in [0, 0.05) is 25.3 Å². The van der Waals surface area contributed by atoms with Crippen LogP contribution in [-0.2, 0) is 67.2 Å². The van der Waals surface area contributed by atoms with Gasteiger partial charge in [0.25, 0.3) is 0 Å². The lowest BCUT2D eigenvalue weighted by atomic mass is 9.99. The molecule has 1 saturated heterocycles. The summed E-state index contributed by atoms with van der Waals surface area (Å²) in [6.07, 6.45) is -5.74. The van der Waals surface area contributed by atoms with Crippen LogP contribution in [0, 0.1) is 11.8 Å². The zero-order valence-electron chi connectivity index (χ0n) is 43.6. The molecule has 3 aromatic rings. The minimum absolute atomic E-state index is 0.0756. The van der Waals surface area contributed by atoms with E-state index < -0.39 is 133 Å². The third kappa shape index (κ3) is 20.0. The number of esters is 1. The zero-order valence-corrected chi connectivity index (χ0v) is 43.6. The predicted molar refractivity (Wildman–Crippen MR) is 274 cm³/mol. The summed E-state index contributed by atoms with van der Waals surface area (Å²) in [7, 11) is 1.27. The molecule has 1 heterocycles. The molecule has 0 saturated carbocycles. The fourth-order valence-electron chi connectivity index (χ4n) is 7.91. The van der Waals surface area contributed by atoms with Gasteiger partial charge in [0.15, 0.2) is 6.10 Å². The average Bonchev–Trinajstić information content (AvgIpc) is 3.38. The van der Waals surface area contributed by atoms with E-state index in [-0.39, 0.29) is 66.6 Å². The summed E-state index contributed by atoms with van der Waals surface area (Å²) in [5.74, 6) is -12.2. The number of phenolic OH excluding ortho intramolecular Hbond substituents is 3. The summed E-state index contributed by atoms with van der Waals surface area (Å²) < 4.78 is 10.6. The minimum Gasteiger partial charge on any atom is -0.508 e. The molecule has 3 aromatic carbocycles. The fraction of sp³-hybridized carbons (Fsp3) is 0.431. The Bertz CT molecular complexity index is 2700. The van der Waals surface area contributed by atoms with E-state index in [1.807, 2.05) is 0 Å². The van der Waals surface area contributed by atoms with E-state index in [9.17, 15) is 78.3 Å². The number of carbonyl (C=O) groups is 11. The number of aliphatic hydroxyl groups is 1. The molecule has 0 aromatic heterocycles. The number of carboxylic acid groups (broad SMARTS) is 2. The highest BCUT2D eigenvalue weighted by atomic mass is 16.5. The van der Waals surface area contributed by atoms with Crippen LogP contribution in [0.25, 0.3) is 0 Å². The molecular weight excluding hydrogens is 1040 g/mol. The number of aliphatic carboxylic acids is 1. The van der Waals surface area contributed by atoms with Crippen molar-refractivity contribution in [2.24, 2.45) is 11.8 Å².